The molecular formula is C17H19NO5S. The molecule has 0 spiro atoms. The number of ether oxygens (including phenoxy) is 1. The molecule has 0 amide bonds. The second-order valence-corrected chi connectivity index (χ2v) is 6.87. The molecule has 2 aromatic rings. The summed E-state index contributed by atoms with van der Waals surface area (Å²) in [6.45, 7) is 1.43. The number of aryl methyl sites for hydroxylation is 1. The summed E-state index contributed by atoms with van der Waals surface area (Å²) in [4.78, 5) is 11.8. The van der Waals surface area contributed by atoms with E-state index in [-0.39, 0.29) is 11.5 Å². The molecule has 0 heterocycles. The summed E-state index contributed by atoms with van der Waals surface area (Å²) in [6.07, 6.45) is 0. The quantitative estimate of drug-likeness (QED) is 0.604. The first-order valence-corrected chi connectivity index (χ1v) is 8.71. The zero-order chi connectivity index (χ0) is 17.6. The molecule has 24 heavy (non-hydrogen) atoms. The lowest BCUT2D eigenvalue weighted by Crippen LogP contribution is -2.37. The van der Waals surface area contributed by atoms with Crippen LogP contribution in [0.3, 0.4) is 0 Å². The van der Waals surface area contributed by atoms with Crippen LogP contribution >= 0.6 is 0 Å². The fourth-order valence-corrected chi connectivity index (χ4v) is 2.77. The van der Waals surface area contributed by atoms with E-state index < -0.39 is 28.7 Å². The van der Waals surface area contributed by atoms with Gasteiger partial charge in [-0.05, 0) is 24.6 Å². The van der Waals surface area contributed by atoms with Gasteiger partial charge in [0.15, 0.2) is 0 Å². The average Bonchev–Trinajstić information content (AvgIpc) is 2.59. The van der Waals surface area contributed by atoms with Crippen LogP contribution < -0.4 is 5.73 Å². The Hall–Kier alpha value is -2.22. The molecule has 0 aliphatic rings. The van der Waals surface area contributed by atoms with Crippen LogP contribution in [0.5, 0.6) is 0 Å². The zero-order valence-electron chi connectivity index (χ0n) is 13.2. The maximum Gasteiger partial charge on any atom is 0.325 e. The highest BCUT2D eigenvalue weighted by Gasteiger charge is 2.21. The van der Waals surface area contributed by atoms with Gasteiger partial charge in [0, 0.05) is 0 Å². The number of rotatable bonds is 7. The van der Waals surface area contributed by atoms with Gasteiger partial charge in [0.05, 0.1) is 11.5 Å². The van der Waals surface area contributed by atoms with Crippen LogP contribution in [-0.2, 0) is 30.4 Å². The summed E-state index contributed by atoms with van der Waals surface area (Å²) >= 11 is 0. The first-order chi connectivity index (χ1) is 11.4. The van der Waals surface area contributed by atoms with Gasteiger partial charge in [-0.15, -0.1) is 0 Å². The minimum atomic E-state index is -3.96. The Balaban J connectivity index is 1.86. The molecule has 0 radical (unpaired) electrons. The fraction of sp³-hybridized carbons (Fsp3) is 0.235. The van der Waals surface area contributed by atoms with Gasteiger partial charge < -0.3 is 10.5 Å². The standard InChI is InChI=1S/C17H19NO5S/c1-13-7-9-15(10-8-13)24(20,21)23-12-16(18)17(19)22-11-14-5-3-2-4-6-14/h2-10,16H,11-12,18H2,1H3/t16-/m0/s1. The smallest absolute Gasteiger partial charge is 0.325 e. The molecule has 0 unspecified atom stereocenters. The summed E-state index contributed by atoms with van der Waals surface area (Å²) in [7, 11) is -3.96. The van der Waals surface area contributed by atoms with E-state index in [0.29, 0.717) is 0 Å². The van der Waals surface area contributed by atoms with Gasteiger partial charge in [-0.25, -0.2) is 0 Å². The summed E-state index contributed by atoms with van der Waals surface area (Å²) in [5, 5.41) is 0. The number of carbonyl (C=O) groups excluding carboxylic acids is 1. The van der Waals surface area contributed by atoms with Crippen LogP contribution in [-0.4, -0.2) is 27.0 Å². The molecule has 2 N–H and O–H groups in total. The third-order valence-corrected chi connectivity index (χ3v) is 4.53. The van der Waals surface area contributed by atoms with Crippen molar-refractivity contribution in [2.45, 2.75) is 24.5 Å². The third-order valence-electron chi connectivity index (χ3n) is 3.24. The minimum absolute atomic E-state index is 0.0120. The van der Waals surface area contributed by atoms with E-state index in [2.05, 4.69) is 0 Å². The van der Waals surface area contributed by atoms with Gasteiger partial charge >= 0.3 is 5.97 Å². The van der Waals surface area contributed by atoms with Crippen LogP contribution in [0.2, 0.25) is 0 Å². The molecule has 0 aliphatic carbocycles. The third kappa shape index (κ3) is 5.16. The summed E-state index contributed by atoms with van der Waals surface area (Å²) < 4.78 is 33.9. The Bertz CT molecular complexity index is 772. The van der Waals surface area contributed by atoms with Gasteiger partial charge in [-0.2, -0.15) is 8.42 Å². The van der Waals surface area contributed by atoms with Crippen LogP contribution in [0, 0.1) is 6.92 Å². The molecule has 7 heteroatoms. The van der Waals surface area contributed by atoms with Gasteiger partial charge in [0.2, 0.25) is 0 Å². The Morgan fingerprint density at radius 3 is 2.33 bits per heavy atom. The van der Waals surface area contributed by atoms with Crippen molar-refractivity contribution >= 4 is 16.1 Å². The second kappa shape index (κ2) is 8.05. The highest BCUT2D eigenvalue weighted by Crippen LogP contribution is 2.13. The van der Waals surface area contributed by atoms with E-state index in [9.17, 15) is 13.2 Å². The number of benzene rings is 2. The maximum atomic E-state index is 12.0. The topological polar surface area (TPSA) is 95.7 Å². The van der Waals surface area contributed by atoms with Crippen molar-refractivity contribution in [2.24, 2.45) is 5.73 Å². The zero-order valence-corrected chi connectivity index (χ0v) is 14.0. The fourth-order valence-electron chi connectivity index (χ4n) is 1.84. The Morgan fingerprint density at radius 1 is 1.08 bits per heavy atom. The number of hydrogen-bond donors (Lipinski definition) is 1. The Labute approximate surface area is 141 Å². The van der Waals surface area contributed by atoms with Crippen molar-refractivity contribution in [1.82, 2.24) is 0 Å². The lowest BCUT2D eigenvalue weighted by atomic mass is 10.2. The van der Waals surface area contributed by atoms with E-state index in [4.69, 9.17) is 14.7 Å². The lowest BCUT2D eigenvalue weighted by Gasteiger charge is -2.12. The summed E-state index contributed by atoms with van der Waals surface area (Å²) in [6, 6.07) is 14.1. The summed E-state index contributed by atoms with van der Waals surface area (Å²) in [5.74, 6) is -0.724. The van der Waals surface area contributed by atoms with E-state index >= 15 is 0 Å². The van der Waals surface area contributed by atoms with Gasteiger partial charge in [0.25, 0.3) is 10.1 Å². The molecule has 0 aromatic heterocycles. The summed E-state index contributed by atoms with van der Waals surface area (Å²) in [5.41, 5.74) is 7.36. The van der Waals surface area contributed by atoms with Gasteiger partial charge in [0.1, 0.15) is 12.6 Å². The predicted molar refractivity (Wildman–Crippen MR) is 88.5 cm³/mol. The highest BCUT2D eigenvalue weighted by molar-refractivity contribution is 7.86. The van der Waals surface area contributed by atoms with E-state index in [0.717, 1.165) is 11.1 Å². The lowest BCUT2D eigenvalue weighted by molar-refractivity contribution is -0.147. The molecule has 0 fully saturated rings. The molecule has 2 rings (SSSR count). The van der Waals surface area contributed by atoms with Crippen molar-refractivity contribution in [3.63, 3.8) is 0 Å². The SMILES string of the molecule is Cc1ccc(S(=O)(=O)OC[C@H](N)C(=O)OCc2ccccc2)cc1. The normalized spacial score (nSPS) is 12.6. The maximum absolute atomic E-state index is 12.0. The van der Waals surface area contributed by atoms with Gasteiger partial charge in [-0.3, -0.25) is 8.98 Å². The van der Waals surface area contributed by atoms with E-state index in [1.807, 2.05) is 25.1 Å². The molecule has 0 saturated heterocycles. The molecule has 128 valence electrons. The Kier molecular flexibility index (Phi) is 6.08. The molecule has 0 saturated carbocycles. The van der Waals surface area contributed by atoms with Crippen molar-refractivity contribution in [1.29, 1.82) is 0 Å². The Morgan fingerprint density at radius 2 is 1.71 bits per heavy atom. The predicted octanol–water partition coefficient (Wildman–Crippen LogP) is 1.77. The molecule has 2 aromatic carbocycles. The number of esters is 1. The second-order valence-electron chi connectivity index (χ2n) is 5.25. The van der Waals surface area contributed by atoms with Gasteiger partial charge in [-0.1, -0.05) is 48.0 Å². The minimum Gasteiger partial charge on any atom is -0.460 e. The number of carbonyl (C=O) groups is 1. The molecular weight excluding hydrogens is 330 g/mol. The van der Waals surface area contributed by atoms with Crippen LogP contribution in [0.15, 0.2) is 59.5 Å². The molecule has 1 atom stereocenters. The number of hydrogen-bond acceptors (Lipinski definition) is 6. The van der Waals surface area contributed by atoms with Crippen molar-refractivity contribution < 1.29 is 22.1 Å². The van der Waals surface area contributed by atoms with Crippen molar-refractivity contribution in [2.75, 3.05) is 6.61 Å². The molecule has 0 bridgehead atoms. The van der Waals surface area contributed by atoms with E-state index in [1.165, 1.54) is 12.1 Å². The van der Waals surface area contributed by atoms with Crippen molar-refractivity contribution in [3.05, 3.63) is 65.7 Å². The van der Waals surface area contributed by atoms with Crippen LogP contribution in [0.1, 0.15) is 11.1 Å². The first-order valence-electron chi connectivity index (χ1n) is 7.31. The molecule has 0 aliphatic heterocycles. The molecule has 6 nitrogen and oxygen atoms in total. The monoisotopic (exact) mass is 349 g/mol. The first kappa shape index (κ1) is 18.1. The highest BCUT2D eigenvalue weighted by atomic mass is 32.2. The average molecular weight is 349 g/mol. The van der Waals surface area contributed by atoms with Crippen LogP contribution in [0.4, 0.5) is 0 Å². The van der Waals surface area contributed by atoms with Crippen molar-refractivity contribution in [3.8, 4) is 0 Å². The number of nitrogens with two attached hydrogens (primary N) is 1. The van der Waals surface area contributed by atoms with Crippen LogP contribution in [0.25, 0.3) is 0 Å². The van der Waals surface area contributed by atoms with E-state index in [1.54, 1.807) is 24.3 Å². The largest absolute Gasteiger partial charge is 0.460 e.